The highest BCUT2D eigenvalue weighted by Crippen LogP contribution is 2.29. The maximum absolute atomic E-state index is 13.5. The minimum atomic E-state index is -0.438. The Balaban J connectivity index is 2.11. The van der Waals surface area contributed by atoms with E-state index in [0.717, 1.165) is 0 Å². The van der Waals surface area contributed by atoms with Crippen LogP contribution in [0, 0.1) is 5.82 Å². The monoisotopic (exact) mass is 246 g/mol. The number of hydrazine groups is 1. The number of para-hydroxylation sites is 1. The molecule has 3 aromatic rings. The zero-order chi connectivity index (χ0) is 12.5. The largest absolute Gasteiger partial charge is 0.467 e. The second-order valence-electron chi connectivity index (χ2n) is 3.92. The van der Waals surface area contributed by atoms with Crippen molar-refractivity contribution in [1.82, 2.24) is 5.43 Å². The summed E-state index contributed by atoms with van der Waals surface area (Å²) in [6.07, 6.45) is 1.54. The molecule has 0 aliphatic rings. The van der Waals surface area contributed by atoms with Gasteiger partial charge in [-0.15, -0.1) is 0 Å². The molecule has 2 heterocycles. The second kappa shape index (κ2) is 4.29. The zero-order valence-corrected chi connectivity index (χ0v) is 9.39. The van der Waals surface area contributed by atoms with E-state index < -0.39 is 11.9 Å². The fourth-order valence-electron chi connectivity index (χ4n) is 1.95. The van der Waals surface area contributed by atoms with E-state index >= 15 is 0 Å². The quantitative estimate of drug-likeness (QED) is 0.551. The average Bonchev–Trinajstić information content (AvgIpc) is 3.00. The molecule has 3 rings (SSSR count). The van der Waals surface area contributed by atoms with Crippen molar-refractivity contribution in [1.29, 1.82) is 0 Å². The molecule has 0 spiro atoms. The van der Waals surface area contributed by atoms with Crippen molar-refractivity contribution in [2.45, 2.75) is 6.04 Å². The molecule has 0 aliphatic carbocycles. The third-order valence-electron chi connectivity index (χ3n) is 2.79. The van der Waals surface area contributed by atoms with Gasteiger partial charge < -0.3 is 8.83 Å². The van der Waals surface area contributed by atoms with Gasteiger partial charge in [-0.2, -0.15) is 0 Å². The molecule has 18 heavy (non-hydrogen) atoms. The second-order valence-corrected chi connectivity index (χ2v) is 3.92. The van der Waals surface area contributed by atoms with Gasteiger partial charge in [0.05, 0.1) is 6.26 Å². The van der Waals surface area contributed by atoms with E-state index in [1.165, 1.54) is 6.07 Å². The Kier molecular flexibility index (Phi) is 2.62. The van der Waals surface area contributed by atoms with Crippen molar-refractivity contribution in [3.63, 3.8) is 0 Å². The molecule has 5 heteroatoms. The van der Waals surface area contributed by atoms with E-state index in [1.54, 1.807) is 36.6 Å². The summed E-state index contributed by atoms with van der Waals surface area (Å²) in [7, 11) is 0. The minimum Gasteiger partial charge on any atom is -0.467 e. The van der Waals surface area contributed by atoms with Crippen molar-refractivity contribution in [3.05, 3.63) is 60.0 Å². The van der Waals surface area contributed by atoms with E-state index in [2.05, 4.69) is 5.43 Å². The molecule has 0 radical (unpaired) electrons. The normalized spacial score (nSPS) is 13.0. The zero-order valence-electron chi connectivity index (χ0n) is 9.39. The summed E-state index contributed by atoms with van der Waals surface area (Å²) in [5, 5.41) is 0.691. The van der Waals surface area contributed by atoms with E-state index in [9.17, 15) is 4.39 Å². The van der Waals surface area contributed by atoms with Gasteiger partial charge in [0.25, 0.3) is 0 Å². The molecule has 4 nitrogen and oxygen atoms in total. The third-order valence-corrected chi connectivity index (χ3v) is 2.79. The van der Waals surface area contributed by atoms with E-state index in [4.69, 9.17) is 14.7 Å². The van der Waals surface area contributed by atoms with Crippen LogP contribution < -0.4 is 11.3 Å². The summed E-state index contributed by atoms with van der Waals surface area (Å²) in [5.41, 5.74) is 2.81. The minimum absolute atomic E-state index is 0.222. The van der Waals surface area contributed by atoms with Crippen LogP contribution in [0.5, 0.6) is 0 Å². The average molecular weight is 246 g/mol. The Labute approximate surface area is 102 Å². The van der Waals surface area contributed by atoms with Crippen LogP contribution in [0.25, 0.3) is 11.0 Å². The number of nitrogens with one attached hydrogen (secondary N) is 1. The first-order chi connectivity index (χ1) is 8.79. The van der Waals surface area contributed by atoms with Gasteiger partial charge in [0.1, 0.15) is 17.6 Å². The van der Waals surface area contributed by atoms with Crippen LogP contribution in [0.1, 0.15) is 17.6 Å². The van der Waals surface area contributed by atoms with Gasteiger partial charge in [0, 0.05) is 5.39 Å². The summed E-state index contributed by atoms with van der Waals surface area (Å²) in [6, 6.07) is 9.60. The van der Waals surface area contributed by atoms with Gasteiger partial charge in [-0.1, -0.05) is 12.1 Å². The molecule has 0 saturated carbocycles. The molecule has 0 fully saturated rings. The SMILES string of the molecule is NNC(c1ccco1)c1cc2cccc(F)c2o1. The van der Waals surface area contributed by atoms with Crippen LogP contribution in [-0.4, -0.2) is 0 Å². The summed E-state index contributed by atoms with van der Waals surface area (Å²) < 4.78 is 24.3. The first-order valence-electron chi connectivity index (χ1n) is 5.47. The Bertz CT molecular complexity index is 661. The Morgan fingerprint density at radius 1 is 1.17 bits per heavy atom. The number of furan rings is 2. The highest BCUT2D eigenvalue weighted by Gasteiger charge is 2.20. The molecule has 0 aliphatic heterocycles. The molecule has 0 bridgehead atoms. The van der Waals surface area contributed by atoms with Gasteiger partial charge in [0.2, 0.25) is 0 Å². The number of benzene rings is 1. The summed E-state index contributed by atoms with van der Waals surface area (Å²) >= 11 is 0. The molecule has 0 saturated heterocycles. The van der Waals surface area contributed by atoms with Crippen LogP contribution in [0.15, 0.2) is 51.5 Å². The maximum atomic E-state index is 13.5. The smallest absolute Gasteiger partial charge is 0.169 e. The van der Waals surface area contributed by atoms with Crippen molar-refractivity contribution < 1.29 is 13.2 Å². The maximum Gasteiger partial charge on any atom is 0.169 e. The fraction of sp³-hybridized carbons (Fsp3) is 0.0769. The van der Waals surface area contributed by atoms with E-state index in [-0.39, 0.29) is 5.58 Å². The summed E-state index contributed by atoms with van der Waals surface area (Å²) in [5.74, 6) is 6.21. The summed E-state index contributed by atoms with van der Waals surface area (Å²) in [4.78, 5) is 0. The van der Waals surface area contributed by atoms with E-state index in [1.807, 2.05) is 0 Å². The van der Waals surface area contributed by atoms with Crippen molar-refractivity contribution >= 4 is 11.0 Å². The fourth-order valence-corrected chi connectivity index (χ4v) is 1.95. The topological polar surface area (TPSA) is 64.3 Å². The van der Waals surface area contributed by atoms with E-state index in [0.29, 0.717) is 16.9 Å². The third kappa shape index (κ3) is 1.70. The highest BCUT2D eigenvalue weighted by molar-refractivity contribution is 5.78. The molecular formula is C13H11FN2O2. The van der Waals surface area contributed by atoms with Crippen molar-refractivity contribution in [2.75, 3.05) is 0 Å². The number of rotatable bonds is 3. The lowest BCUT2D eigenvalue weighted by Gasteiger charge is -2.09. The Morgan fingerprint density at radius 2 is 2.06 bits per heavy atom. The van der Waals surface area contributed by atoms with Crippen LogP contribution in [0.2, 0.25) is 0 Å². The van der Waals surface area contributed by atoms with Gasteiger partial charge in [0.15, 0.2) is 11.4 Å². The van der Waals surface area contributed by atoms with Gasteiger partial charge in [-0.3, -0.25) is 5.84 Å². The molecule has 0 amide bonds. The predicted molar refractivity (Wildman–Crippen MR) is 64.0 cm³/mol. The first-order valence-corrected chi connectivity index (χ1v) is 5.47. The van der Waals surface area contributed by atoms with Gasteiger partial charge in [-0.25, -0.2) is 9.82 Å². The molecule has 92 valence electrons. The molecule has 2 aromatic heterocycles. The molecule has 1 unspecified atom stereocenters. The van der Waals surface area contributed by atoms with Crippen molar-refractivity contribution in [3.8, 4) is 0 Å². The first kappa shape index (κ1) is 11.0. The number of hydrogen-bond donors (Lipinski definition) is 2. The lowest BCUT2D eigenvalue weighted by molar-refractivity contribution is 0.400. The number of nitrogens with two attached hydrogens (primary N) is 1. The van der Waals surface area contributed by atoms with Gasteiger partial charge >= 0.3 is 0 Å². The molecule has 3 N–H and O–H groups in total. The number of halogens is 1. The number of hydrogen-bond acceptors (Lipinski definition) is 4. The van der Waals surface area contributed by atoms with Crippen LogP contribution in [0.4, 0.5) is 4.39 Å². The van der Waals surface area contributed by atoms with Crippen LogP contribution >= 0.6 is 0 Å². The highest BCUT2D eigenvalue weighted by atomic mass is 19.1. The predicted octanol–water partition coefficient (Wildman–Crippen LogP) is 2.72. The Hall–Kier alpha value is -2.11. The molecular weight excluding hydrogens is 235 g/mol. The molecule has 1 atom stereocenters. The number of fused-ring (bicyclic) bond motifs is 1. The van der Waals surface area contributed by atoms with Crippen molar-refractivity contribution in [2.24, 2.45) is 5.84 Å². The molecule has 1 aromatic carbocycles. The Morgan fingerprint density at radius 3 is 2.72 bits per heavy atom. The standard InChI is InChI=1S/C13H11FN2O2/c14-9-4-1-3-8-7-11(18-13(8)9)12(16-15)10-5-2-6-17-10/h1-7,12,16H,15H2. The summed E-state index contributed by atoms with van der Waals surface area (Å²) in [6.45, 7) is 0. The van der Waals surface area contributed by atoms with Gasteiger partial charge in [-0.05, 0) is 24.3 Å². The van der Waals surface area contributed by atoms with Crippen LogP contribution in [0.3, 0.4) is 0 Å². The lowest BCUT2D eigenvalue weighted by Crippen LogP contribution is -2.28. The van der Waals surface area contributed by atoms with Crippen LogP contribution in [-0.2, 0) is 0 Å². The lowest BCUT2D eigenvalue weighted by atomic mass is 10.1.